The van der Waals surface area contributed by atoms with Gasteiger partial charge in [-0.05, 0) is 62.5 Å². The first kappa shape index (κ1) is 28.4. The van der Waals surface area contributed by atoms with Crippen molar-refractivity contribution in [2.75, 3.05) is 39.0 Å². The molecule has 10 nitrogen and oxygen atoms in total. The Balaban J connectivity index is 1.65. The van der Waals surface area contributed by atoms with Gasteiger partial charge in [0.25, 0.3) is 5.91 Å². The zero-order valence-corrected chi connectivity index (χ0v) is 24.0. The van der Waals surface area contributed by atoms with E-state index in [0.29, 0.717) is 46.1 Å². The first-order chi connectivity index (χ1) is 19.7. The number of carbonyl (C=O) groups is 2. The van der Waals surface area contributed by atoms with Crippen LogP contribution in [0.4, 0.5) is 15.0 Å². The summed E-state index contributed by atoms with van der Waals surface area (Å²) < 4.78 is 16.0. The number of anilines is 1. The highest BCUT2D eigenvalue weighted by Crippen LogP contribution is 2.36. The van der Waals surface area contributed by atoms with Crippen molar-refractivity contribution >= 4 is 40.0 Å². The quantitative estimate of drug-likeness (QED) is 0.303. The molecule has 0 radical (unpaired) electrons. The van der Waals surface area contributed by atoms with Gasteiger partial charge in [0.05, 0.1) is 5.52 Å². The highest BCUT2D eigenvalue weighted by Gasteiger charge is 2.21. The number of aromatic nitrogens is 3. The van der Waals surface area contributed by atoms with Crippen LogP contribution in [0.1, 0.15) is 30.1 Å². The highest BCUT2D eigenvalue weighted by molar-refractivity contribution is 7.13. The molecule has 4 aromatic rings. The van der Waals surface area contributed by atoms with Crippen LogP contribution in [0.2, 0.25) is 0 Å². The second-order valence-electron chi connectivity index (χ2n) is 10.2. The van der Waals surface area contributed by atoms with Gasteiger partial charge in [-0.2, -0.15) is 4.39 Å². The van der Waals surface area contributed by atoms with Crippen LogP contribution in [-0.4, -0.2) is 65.1 Å². The highest BCUT2D eigenvalue weighted by atomic mass is 32.1. The molecule has 0 saturated carbocycles. The zero-order valence-electron chi connectivity index (χ0n) is 23.2. The number of rotatable bonds is 7. The Morgan fingerprint density at radius 1 is 1.24 bits per heavy atom. The van der Waals surface area contributed by atoms with Crippen LogP contribution in [0.3, 0.4) is 0 Å². The summed E-state index contributed by atoms with van der Waals surface area (Å²) in [5.74, 6) is -0.332. The van der Waals surface area contributed by atoms with E-state index >= 15 is 0 Å². The van der Waals surface area contributed by atoms with Crippen molar-refractivity contribution in [3.05, 3.63) is 63.8 Å². The van der Waals surface area contributed by atoms with Crippen molar-refractivity contribution in [3.8, 4) is 21.7 Å². The van der Waals surface area contributed by atoms with Crippen molar-refractivity contribution in [1.29, 1.82) is 0 Å². The molecule has 0 bridgehead atoms. The minimum absolute atomic E-state index is 0.102. The SMILES string of the molecule is CCNC(=O)Nc1cc(-c2nc(F)cs2)c(-c2ccc3c(c2)c(=O)c(C(=O)N(C)C)cn3C[C@H]2CCCNC2)cn1. The number of carbonyl (C=O) groups excluding carboxylic acids is 2. The third-order valence-corrected chi connectivity index (χ3v) is 7.92. The molecule has 3 amide bonds. The van der Waals surface area contributed by atoms with Gasteiger partial charge >= 0.3 is 6.03 Å². The molecule has 1 aliphatic heterocycles. The fraction of sp³-hybridized carbons (Fsp3) is 0.345. The van der Waals surface area contributed by atoms with Gasteiger partial charge in [0, 0.05) is 61.5 Å². The van der Waals surface area contributed by atoms with E-state index in [1.54, 1.807) is 45.5 Å². The van der Waals surface area contributed by atoms with Crippen molar-refractivity contribution in [1.82, 2.24) is 30.1 Å². The molecule has 3 N–H and O–H groups in total. The predicted molar refractivity (Wildman–Crippen MR) is 159 cm³/mol. The Kier molecular flexibility index (Phi) is 8.41. The molecule has 1 saturated heterocycles. The van der Waals surface area contributed by atoms with Gasteiger partial charge in [-0.15, -0.1) is 11.3 Å². The van der Waals surface area contributed by atoms with E-state index in [9.17, 15) is 18.8 Å². The fourth-order valence-electron chi connectivity index (χ4n) is 5.10. The van der Waals surface area contributed by atoms with Crippen LogP contribution in [0.25, 0.3) is 32.6 Å². The number of fused-ring (bicyclic) bond motifs is 1. The summed E-state index contributed by atoms with van der Waals surface area (Å²) in [6.07, 6.45) is 5.38. The molecule has 5 rings (SSSR count). The molecule has 4 heterocycles. The van der Waals surface area contributed by atoms with Gasteiger partial charge in [0.2, 0.25) is 11.4 Å². The lowest BCUT2D eigenvalue weighted by Gasteiger charge is -2.25. The summed E-state index contributed by atoms with van der Waals surface area (Å²) in [5.41, 5.74) is 2.28. The van der Waals surface area contributed by atoms with Gasteiger partial charge in [-0.1, -0.05) is 6.07 Å². The molecule has 1 aromatic carbocycles. The van der Waals surface area contributed by atoms with Gasteiger partial charge in [0.15, 0.2) is 0 Å². The van der Waals surface area contributed by atoms with E-state index in [4.69, 9.17) is 0 Å². The molecular weight excluding hydrogens is 545 g/mol. The average Bonchev–Trinajstić information content (AvgIpc) is 3.40. The molecule has 1 atom stereocenters. The summed E-state index contributed by atoms with van der Waals surface area (Å²) in [6, 6.07) is 6.72. The number of pyridine rings is 2. The summed E-state index contributed by atoms with van der Waals surface area (Å²) >= 11 is 1.12. The number of hydrogen-bond donors (Lipinski definition) is 3. The summed E-state index contributed by atoms with van der Waals surface area (Å²) in [4.78, 5) is 48.6. The Morgan fingerprint density at radius 2 is 2.07 bits per heavy atom. The fourth-order valence-corrected chi connectivity index (χ4v) is 5.79. The van der Waals surface area contributed by atoms with Crippen LogP contribution < -0.4 is 21.4 Å². The number of thiazole rings is 1. The summed E-state index contributed by atoms with van der Waals surface area (Å²) in [6.45, 7) is 4.78. The molecule has 12 heteroatoms. The number of nitrogens with zero attached hydrogens (tertiary/aromatic N) is 4. The topological polar surface area (TPSA) is 121 Å². The second-order valence-corrected chi connectivity index (χ2v) is 11.1. The first-order valence-electron chi connectivity index (χ1n) is 13.5. The smallest absolute Gasteiger partial charge is 0.320 e. The summed E-state index contributed by atoms with van der Waals surface area (Å²) in [5, 5.41) is 10.9. The Morgan fingerprint density at radius 3 is 2.76 bits per heavy atom. The summed E-state index contributed by atoms with van der Waals surface area (Å²) in [7, 11) is 3.25. The number of nitrogens with one attached hydrogen (secondary N) is 3. The predicted octanol–water partition coefficient (Wildman–Crippen LogP) is 4.17. The van der Waals surface area contributed by atoms with Crippen molar-refractivity contribution < 1.29 is 14.0 Å². The first-order valence-corrected chi connectivity index (χ1v) is 14.4. The molecule has 41 heavy (non-hydrogen) atoms. The standard InChI is InChI=1S/C29H32FN7O3S/c1-4-32-29(40)35-25-11-19(27-34-24(30)16-41-27)21(13-33-25)18-7-8-23-20(10-18)26(38)22(28(39)36(2)3)15-37(23)14-17-6-5-9-31-12-17/h7-8,10-11,13,15-17,31H,4-6,9,12,14H2,1-3H3,(H2,32,33,35,40)/t17-/m0/s1. The van der Waals surface area contributed by atoms with Crippen LogP contribution in [0.5, 0.6) is 0 Å². The van der Waals surface area contributed by atoms with E-state index in [2.05, 4.69) is 25.9 Å². The lowest BCUT2D eigenvalue weighted by molar-refractivity contribution is 0.0825. The molecule has 0 unspecified atom stereocenters. The zero-order chi connectivity index (χ0) is 29.1. The van der Waals surface area contributed by atoms with Gasteiger partial charge in [0.1, 0.15) is 16.4 Å². The van der Waals surface area contributed by atoms with Crippen molar-refractivity contribution in [2.45, 2.75) is 26.3 Å². The normalized spacial score (nSPS) is 15.1. The van der Waals surface area contributed by atoms with E-state index in [1.807, 2.05) is 16.7 Å². The number of halogens is 1. The van der Waals surface area contributed by atoms with E-state index in [-0.39, 0.29) is 22.7 Å². The molecule has 0 aliphatic carbocycles. The van der Waals surface area contributed by atoms with Crippen molar-refractivity contribution in [3.63, 3.8) is 0 Å². The third-order valence-electron chi connectivity index (χ3n) is 7.07. The maximum atomic E-state index is 14.0. The molecule has 1 aliphatic rings. The number of piperidine rings is 1. The molecule has 0 spiro atoms. The molecule has 1 fully saturated rings. The Bertz CT molecular complexity index is 1660. The lowest BCUT2D eigenvalue weighted by atomic mass is 9.97. The number of amides is 3. The van der Waals surface area contributed by atoms with Gasteiger partial charge in [-0.3, -0.25) is 14.9 Å². The van der Waals surface area contributed by atoms with E-state index in [0.717, 1.165) is 42.8 Å². The lowest BCUT2D eigenvalue weighted by Crippen LogP contribution is -2.33. The maximum absolute atomic E-state index is 14.0. The Hall–Kier alpha value is -4.16. The minimum atomic E-state index is -0.614. The molecular formula is C29H32FN7O3S. The van der Waals surface area contributed by atoms with E-state index in [1.165, 1.54) is 10.3 Å². The maximum Gasteiger partial charge on any atom is 0.320 e. The largest absolute Gasteiger partial charge is 0.346 e. The second kappa shape index (κ2) is 12.1. The average molecular weight is 578 g/mol. The Labute approximate surface area is 240 Å². The molecule has 214 valence electrons. The van der Waals surface area contributed by atoms with Crippen molar-refractivity contribution in [2.24, 2.45) is 5.92 Å². The third kappa shape index (κ3) is 6.13. The van der Waals surface area contributed by atoms with Crippen LogP contribution in [-0.2, 0) is 6.54 Å². The van der Waals surface area contributed by atoms with Crippen LogP contribution in [0.15, 0.2) is 46.8 Å². The minimum Gasteiger partial charge on any atom is -0.346 e. The van der Waals surface area contributed by atoms with Crippen LogP contribution in [0, 0.1) is 11.9 Å². The number of hydrogen-bond acceptors (Lipinski definition) is 7. The van der Waals surface area contributed by atoms with Crippen LogP contribution >= 0.6 is 11.3 Å². The number of benzene rings is 1. The van der Waals surface area contributed by atoms with E-state index < -0.39 is 12.0 Å². The number of urea groups is 1. The van der Waals surface area contributed by atoms with Gasteiger partial charge in [-0.25, -0.2) is 14.8 Å². The monoisotopic (exact) mass is 577 g/mol. The molecule has 3 aromatic heterocycles. The van der Waals surface area contributed by atoms with Gasteiger partial charge < -0.3 is 20.1 Å².